The zero-order valence-corrected chi connectivity index (χ0v) is 19.6. The molecule has 1 unspecified atom stereocenters. The van der Waals surface area contributed by atoms with E-state index < -0.39 is 0 Å². The Balaban J connectivity index is 1.28. The van der Waals surface area contributed by atoms with E-state index in [0.29, 0.717) is 23.2 Å². The van der Waals surface area contributed by atoms with Crippen LogP contribution in [0.4, 0.5) is 5.13 Å². The predicted molar refractivity (Wildman–Crippen MR) is 128 cm³/mol. The van der Waals surface area contributed by atoms with Crippen LogP contribution in [-0.2, 0) is 9.53 Å². The Morgan fingerprint density at radius 3 is 2.97 bits per heavy atom. The first-order valence-corrected chi connectivity index (χ1v) is 11.9. The van der Waals surface area contributed by atoms with Crippen molar-refractivity contribution in [2.45, 2.75) is 26.3 Å². The number of carbonyl (C=O) groups is 2. The summed E-state index contributed by atoms with van der Waals surface area (Å²) >= 11 is 1.33. The van der Waals surface area contributed by atoms with E-state index in [9.17, 15) is 9.59 Å². The summed E-state index contributed by atoms with van der Waals surface area (Å²) < 4.78 is 13.2. The Hall–Kier alpha value is -3.17. The van der Waals surface area contributed by atoms with Gasteiger partial charge >= 0.3 is 0 Å². The number of hydrogen-bond acceptors (Lipinski definition) is 6. The first-order valence-electron chi connectivity index (χ1n) is 11.0. The molecule has 3 aromatic rings. The molecular weight excluding hydrogens is 440 g/mol. The molecule has 1 fully saturated rings. The van der Waals surface area contributed by atoms with Gasteiger partial charge in [0, 0.05) is 41.9 Å². The van der Waals surface area contributed by atoms with Gasteiger partial charge in [0.25, 0.3) is 5.91 Å². The summed E-state index contributed by atoms with van der Waals surface area (Å²) in [5.41, 5.74) is 2.19. The van der Waals surface area contributed by atoms with Crippen molar-refractivity contribution < 1.29 is 19.1 Å². The van der Waals surface area contributed by atoms with E-state index in [1.807, 2.05) is 54.3 Å². The van der Waals surface area contributed by atoms with Gasteiger partial charge in [-0.15, -0.1) is 11.3 Å². The molecule has 0 saturated carbocycles. The Morgan fingerprint density at radius 1 is 1.33 bits per heavy atom. The van der Waals surface area contributed by atoms with Crippen LogP contribution in [0.2, 0.25) is 0 Å². The van der Waals surface area contributed by atoms with Crippen LogP contribution in [0.5, 0.6) is 5.75 Å². The Bertz CT molecular complexity index is 1100. The lowest BCUT2D eigenvalue weighted by atomic mass is 10.1. The Morgan fingerprint density at radius 2 is 2.21 bits per heavy atom. The van der Waals surface area contributed by atoms with Crippen LogP contribution in [0.25, 0.3) is 11.3 Å². The molecule has 1 aromatic carbocycles. The van der Waals surface area contributed by atoms with Gasteiger partial charge in [0.2, 0.25) is 5.91 Å². The van der Waals surface area contributed by atoms with Gasteiger partial charge in [-0.05, 0) is 38.5 Å². The quantitative estimate of drug-likeness (QED) is 0.495. The molecule has 0 spiro atoms. The molecule has 0 radical (unpaired) electrons. The lowest BCUT2D eigenvalue weighted by Crippen LogP contribution is -2.32. The van der Waals surface area contributed by atoms with Crippen LogP contribution in [0.15, 0.2) is 48.1 Å². The summed E-state index contributed by atoms with van der Waals surface area (Å²) in [7, 11) is 0. The second-order valence-corrected chi connectivity index (χ2v) is 9.14. The lowest BCUT2D eigenvalue weighted by Gasteiger charge is -2.10. The predicted octanol–water partition coefficient (Wildman–Crippen LogP) is 3.98. The topological polar surface area (TPSA) is 94.5 Å². The highest BCUT2D eigenvalue weighted by atomic mass is 32.1. The highest BCUT2D eigenvalue weighted by molar-refractivity contribution is 7.14. The number of rotatable bonds is 9. The van der Waals surface area contributed by atoms with Gasteiger partial charge in [-0.25, -0.2) is 4.98 Å². The third-order valence-electron chi connectivity index (χ3n) is 5.37. The summed E-state index contributed by atoms with van der Waals surface area (Å²) in [5, 5.41) is 7.74. The van der Waals surface area contributed by atoms with E-state index in [-0.39, 0.29) is 24.4 Å². The Kier molecular flexibility index (Phi) is 7.41. The molecule has 2 N–H and O–H groups in total. The number of ether oxygens (including phenoxy) is 2. The van der Waals surface area contributed by atoms with E-state index in [2.05, 4.69) is 15.6 Å². The third kappa shape index (κ3) is 6.21. The average Bonchev–Trinajstić information content (AvgIpc) is 3.58. The average molecular weight is 469 g/mol. The molecule has 1 atom stereocenters. The molecule has 0 bridgehead atoms. The molecule has 9 heteroatoms. The van der Waals surface area contributed by atoms with Gasteiger partial charge < -0.3 is 24.7 Å². The number of thiazole rings is 1. The summed E-state index contributed by atoms with van der Waals surface area (Å²) in [6.45, 7) is 6.13. The molecule has 1 aliphatic rings. The lowest BCUT2D eigenvalue weighted by molar-refractivity contribution is -0.115. The largest absolute Gasteiger partial charge is 0.493 e. The number of anilines is 1. The number of benzene rings is 1. The van der Waals surface area contributed by atoms with Crippen LogP contribution >= 0.6 is 11.3 Å². The molecule has 174 valence electrons. The number of aromatic nitrogens is 2. The van der Waals surface area contributed by atoms with E-state index in [0.717, 1.165) is 36.6 Å². The maximum atomic E-state index is 12.3. The minimum absolute atomic E-state index is 0.130. The molecular formula is C24H28N4O4S. The summed E-state index contributed by atoms with van der Waals surface area (Å²) in [4.78, 5) is 29.0. The maximum Gasteiger partial charge on any atom is 0.253 e. The van der Waals surface area contributed by atoms with Crippen LogP contribution in [0.3, 0.4) is 0 Å². The van der Waals surface area contributed by atoms with E-state index in [1.165, 1.54) is 11.3 Å². The minimum atomic E-state index is -0.330. The highest BCUT2D eigenvalue weighted by Gasteiger charge is 2.16. The van der Waals surface area contributed by atoms with Crippen molar-refractivity contribution in [3.63, 3.8) is 0 Å². The number of amides is 2. The monoisotopic (exact) mass is 468 g/mol. The molecule has 3 heterocycles. The van der Waals surface area contributed by atoms with Gasteiger partial charge in [-0.1, -0.05) is 12.1 Å². The van der Waals surface area contributed by atoms with Crippen molar-refractivity contribution in [2.75, 3.05) is 31.7 Å². The zero-order valence-electron chi connectivity index (χ0n) is 18.7. The minimum Gasteiger partial charge on any atom is -0.493 e. The molecule has 0 aliphatic carbocycles. The molecule has 1 aliphatic heterocycles. The molecule has 2 amide bonds. The molecule has 2 aromatic heterocycles. The zero-order chi connectivity index (χ0) is 23.2. The molecule has 1 saturated heterocycles. The van der Waals surface area contributed by atoms with Crippen LogP contribution in [0, 0.1) is 5.92 Å². The van der Waals surface area contributed by atoms with Gasteiger partial charge in [-0.2, -0.15) is 0 Å². The molecule has 4 rings (SSSR count). The first kappa shape index (κ1) is 23.0. The first-order chi connectivity index (χ1) is 16.0. The van der Waals surface area contributed by atoms with Crippen LogP contribution < -0.4 is 15.4 Å². The molecule has 8 nitrogen and oxygen atoms in total. The third-order valence-corrected chi connectivity index (χ3v) is 6.13. The van der Waals surface area contributed by atoms with Crippen LogP contribution in [-0.4, -0.2) is 47.7 Å². The van der Waals surface area contributed by atoms with Crippen molar-refractivity contribution >= 4 is 28.3 Å². The number of nitrogens with zero attached hydrogens (tertiary/aromatic N) is 2. The fourth-order valence-electron chi connectivity index (χ4n) is 3.43. The standard InChI is InChI=1S/C24H28N4O4S/c1-16(2)28-8-6-19(12-28)23(30)25-11-22(29)27-24-26-21(15-33-24)18-4-3-5-20(10-18)32-14-17-7-9-31-13-17/h3-6,8,10,12,15-17H,7,9,11,13-14H2,1-2H3,(H,25,30)(H,26,27,29). The van der Waals surface area contributed by atoms with Crippen molar-refractivity contribution in [1.82, 2.24) is 14.9 Å². The van der Waals surface area contributed by atoms with Crippen molar-refractivity contribution in [1.29, 1.82) is 0 Å². The summed E-state index contributed by atoms with van der Waals surface area (Å²) in [6, 6.07) is 9.75. The number of hydrogen-bond donors (Lipinski definition) is 2. The highest BCUT2D eigenvalue weighted by Crippen LogP contribution is 2.28. The van der Waals surface area contributed by atoms with Gasteiger partial charge in [-0.3, -0.25) is 9.59 Å². The second kappa shape index (κ2) is 10.6. The fraction of sp³-hybridized carbons (Fsp3) is 0.375. The summed E-state index contributed by atoms with van der Waals surface area (Å²) in [6.07, 6.45) is 4.64. The van der Waals surface area contributed by atoms with Gasteiger partial charge in [0.05, 0.1) is 31.0 Å². The smallest absolute Gasteiger partial charge is 0.253 e. The van der Waals surface area contributed by atoms with Crippen molar-refractivity contribution in [3.05, 3.63) is 53.7 Å². The maximum absolute atomic E-state index is 12.3. The number of carbonyl (C=O) groups excluding carboxylic acids is 2. The molecule has 33 heavy (non-hydrogen) atoms. The van der Waals surface area contributed by atoms with E-state index in [1.54, 1.807) is 12.3 Å². The van der Waals surface area contributed by atoms with Gasteiger partial charge in [0.1, 0.15) is 5.75 Å². The second-order valence-electron chi connectivity index (χ2n) is 8.28. The number of nitrogens with one attached hydrogen (secondary N) is 2. The van der Waals surface area contributed by atoms with Crippen molar-refractivity contribution in [2.24, 2.45) is 5.92 Å². The SMILES string of the molecule is CC(C)n1ccc(C(=O)NCC(=O)Nc2nc(-c3cccc(OCC4CCOC4)c3)cs2)c1. The normalized spacial score (nSPS) is 15.5. The summed E-state index contributed by atoms with van der Waals surface area (Å²) in [5.74, 6) is 0.603. The van der Waals surface area contributed by atoms with E-state index in [4.69, 9.17) is 9.47 Å². The fourth-order valence-corrected chi connectivity index (χ4v) is 4.17. The Labute approximate surface area is 196 Å². The van der Waals surface area contributed by atoms with Gasteiger partial charge in [0.15, 0.2) is 5.13 Å². The van der Waals surface area contributed by atoms with Crippen molar-refractivity contribution in [3.8, 4) is 17.0 Å². The van der Waals surface area contributed by atoms with Crippen LogP contribution in [0.1, 0.15) is 36.7 Å². The van der Waals surface area contributed by atoms with E-state index >= 15 is 0 Å².